The van der Waals surface area contributed by atoms with Crippen molar-refractivity contribution in [1.29, 1.82) is 0 Å². The number of ether oxygens (including phenoxy) is 1. The molecular formula is C20H21N3O3S. The molecule has 6 nitrogen and oxygen atoms in total. The van der Waals surface area contributed by atoms with E-state index < -0.39 is 5.97 Å². The van der Waals surface area contributed by atoms with Gasteiger partial charge in [0.1, 0.15) is 0 Å². The number of rotatable bonds is 6. The lowest BCUT2D eigenvalue weighted by Gasteiger charge is -2.16. The number of aryl methyl sites for hydroxylation is 1. The van der Waals surface area contributed by atoms with Crippen LogP contribution in [0.25, 0.3) is 11.1 Å². The van der Waals surface area contributed by atoms with Crippen molar-refractivity contribution in [3.05, 3.63) is 64.1 Å². The number of hydrogen-bond acceptors (Lipinski definition) is 5. The molecule has 1 aromatic carbocycles. The SMILES string of the molecule is CC[C@@H](NC(=O)c1cccc(-c2cnn(C)c2C(=O)OC)c1)c1cccs1. The van der Waals surface area contributed by atoms with Gasteiger partial charge in [-0.05, 0) is 35.6 Å². The van der Waals surface area contributed by atoms with Crippen molar-refractivity contribution >= 4 is 23.2 Å². The molecule has 0 saturated carbocycles. The van der Waals surface area contributed by atoms with Crippen LogP contribution >= 0.6 is 11.3 Å². The van der Waals surface area contributed by atoms with Gasteiger partial charge in [0.05, 0.1) is 19.3 Å². The molecule has 0 unspecified atom stereocenters. The maximum atomic E-state index is 12.8. The molecule has 0 aliphatic heterocycles. The number of aromatic nitrogens is 2. The maximum absolute atomic E-state index is 12.8. The first kappa shape index (κ1) is 18.8. The zero-order valence-electron chi connectivity index (χ0n) is 15.4. The summed E-state index contributed by atoms with van der Waals surface area (Å²) < 4.78 is 6.32. The average molecular weight is 383 g/mol. The summed E-state index contributed by atoms with van der Waals surface area (Å²) in [6, 6.07) is 11.1. The Morgan fingerprint density at radius 3 is 2.78 bits per heavy atom. The number of carbonyl (C=O) groups excluding carboxylic acids is 2. The van der Waals surface area contributed by atoms with E-state index in [1.807, 2.05) is 30.5 Å². The van der Waals surface area contributed by atoms with Gasteiger partial charge in [0.25, 0.3) is 5.91 Å². The number of hydrogen-bond donors (Lipinski definition) is 1. The lowest BCUT2D eigenvalue weighted by atomic mass is 10.0. The summed E-state index contributed by atoms with van der Waals surface area (Å²) >= 11 is 1.63. The Morgan fingerprint density at radius 2 is 2.11 bits per heavy atom. The zero-order chi connectivity index (χ0) is 19.4. The van der Waals surface area contributed by atoms with Crippen molar-refractivity contribution in [2.75, 3.05) is 7.11 Å². The van der Waals surface area contributed by atoms with Gasteiger partial charge in [-0.1, -0.05) is 25.1 Å². The van der Waals surface area contributed by atoms with E-state index in [1.165, 1.54) is 11.8 Å². The second-order valence-corrected chi connectivity index (χ2v) is 7.03. The highest BCUT2D eigenvalue weighted by molar-refractivity contribution is 7.10. The Bertz CT molecular complexity index is 947. The molecule has 0 aliphatic carbocycles. The Hall–Kier alpha value is -2.93. The fraction of sp³-hybridized carbons (Fsp3) is 0.250. The second-order valence-electron chi connectivity index (χ2n) is 6.05. The zero-order valence-corrected chi connectivity index (χ0v) is 16.2. The monoisotopic (exact) mass is 383 g/mol. The van der Waals surface area contributed by atoms with E-state index >= 15 is 0 Å². The quantitative estimate of drug-likeness (QED) is 0.657. The highest BCUT2D eigenvalue weighted by Crippen LogP contribution is 2.26. The van der Waals surface area contributed by atoms with E-state index in [-0.39, 0.29) is 11.9 Å². The minimum Gasteiger partial charge on any atom is -0.464 e. The van der Waals surface area contributed by atoms with Crippen LogP contribution in [0.4, 0.5) is 0 Å². The van der Waals surface area contributed by atoms with Crippen LogP contribution in [0.15, 0.2) is 48.0 Å². The smallest absolute Gasteiger partial charge is 0.356 e. The van der Waals surface area contributed by atoms with Crippen molar-refractivity contribution < 1.29 is 14.3 Å². The van der Waals surface area contributed by atoms with E-state index in [4.69, 9.17) is 4.74 Å². The highest BCUT2D eigenvalue weighted by Gasteiger charge is 2.20. The van der Waals surface area contributed by atoms with Gasteiger partial charge in [-0.2, -0.15) is 5.10 Å². The number of benzene rings is 1. The number of esters is 1. The van der Waals surface area contributed by atoms with Crippen molar-refractivity contribution in [2.24, 2.45) is 7.05 Å². The van der Waals surface area contributed by atoms with Crippen LogP contribution in [0.3, 0.4) is 0 Å². The van der Waals surface area contributed by atoms with Crippen LogP contribution < -0.4 is 5.32 Å². The van der Waals surface area contributed by atoms with E-state index in [0.29, 0.717) is 16.8 Å². The number of methoxy groups -OCH3 is 1. The molecule has 7 heteroatoms. The second kappa shape index (κ2) is 8.18. The predicted octanol–water partition coefficient (Wildman–Crippen LogP) is 3.82. The molecule has 2 aromatic heterocycles. The van der Waals surface area contributed by atoms with Crippen molar-refractivity contribution in [3.8, 4) is 11.1 Å². The van der Waals surface area contributed by atoms with Gasteiger partial charge in [-0.3, -0.25) is 9.48 Å². The Balaban J connectivity index is 1.88. The van der Waals surface area contributed by atoms with Gasteiger partial charge >= 0.3 is 5.97 Å². The Morgan fingerprint density at radius 1 is 1.30 bits per heavy atom. The van der Waals surface area contributed by atoms with Gasteiger partial charge in [0.15, 0.2) is 5.69 Å². The van der Waals surface area contributed by atoms with Crippen LogP contribution in [0, 0.1) is 0 Å². The van der Waals surface area contributed by atoms with Crippen molar-refractivity contribution in [2.45, 2.75) is 19.4 Å². The number of thiophene rings is 1. The molecule has 3 rings (SSSR count). The molecule has 3 aromatic rings. The third kappa shape index (κ3) is 3.93. The van der Waals surface area contributed by atoms with Crippen LogP contribution in [-0.2, 0) is 11.8 Å². The third-order valence-corrected chi connectivity index (χ3v) is 5.34. The molecule has 0 spiro atoms. The Kier molecular flexibility index (Phi) is 5.71. The summed E-state index contributed by atoms with van der Waals surface area (Å²) in [6.45, 7) is 2.04. The molecule has 2 heterocycles. The largest absolute Gasteiger partial charge is 0.464 e. The molecule has 140 valence electrons. The lowest BCUT2D eigenvalue weighted by Crippen LogP contribution is -2.27. The van der Waals surface area contributed by atoms with E-state index in [0.717, 1.165) is 16.9 Å². The minimum absolute atomic E-state index is 0.0230. The van der Waals surface area contributed by atoms with E-state index in [9.17, 15) is 9.59 Å². The van der Waals surface area contributed by atoms with Gasteiger partial charge < -0.3 is 10.1 Å². The fourth-order valence-electron chi connectivity index (χ4n) is 2.92. The Labute approximate surface area is 161 Å². The first-order valence-corrected chi connectivity index (χ1v) is 9.48. The summed E-state index contributed by atoms with van der Waals surface area (Å²) in [7, 11) is 3.01. The average Bonchev–Trinajstić information content (AvgIpc) is 3.35. The number of amides is 1. The number of carbonyl (C=O) groups is 2. The number of nitrogens with one attached hydrogen (secondary N) is 1. The molecule has 0 bridgehead atoms. The molecule has 1 N–H and O–H groups in total. The highest BCUT2D eigenvalue weighted by atomic mass is 32.1. The first-order chi connectivity index (χ1) is 13.0. The summed E-state index contributed by atoms with van der Waals surface area (Å²) in [5, 5.41) is 9.23. The van der Waals surface area contributed by atoms with Gasteiger partial charge in [-0.25, -0.2) is 4.79 Å². The summed E-state index contributed by atoms with van der Waals surface area (Å²) in [4.78, 5) is 25.9. The molecule has 0 radical (unpaired) electrons. The summed E-state index contributed by atoms with van der Waals surface area (Å²) in [5.41, 5.74) is 2.24. The van der Waals surface area contributed by atoms with Crippen LogP contribution in [-0.4, -0.2) is 28.8 Å². The standard InChI is InChI=1S/C20H21N3O3S/c1-4-16(17-9-6-10-27-17)22-19(24)14-8-5-7-13(11-14)15-12-21-23(2)18(15)20(25)26-3/h5-12,16H,4H2,1-3H3,(H,22,24)/t16-/m1/s1. The summed E-state index contributed by atoms with van der Waals surface area (Å²) in [5.74, 6) is -0.621. The van der Waals surface area contributed by atoms with Gasteiger partial charge in [0.2, 0.25) is 0 Å². The first-order valence-electron chi connectivity index (χ1n) is 8.60. The third-order valence-electron chi connectivity index (χ3n) is 4.35. The van der Waals surface area contributed by atoms with Crippen LogP contribution in [0.5, 0.6) is 0 Å². The van der Waals surface area contributed by atoms with E-state index in [1.54, 1.807) is 42.8 Å². The number of nitrogens with zero attached hydrogens (tertiary/aromatic N) is 2. The molecule has 0 aliphatic rings. The fourth-order valence-corrected chi connectivity index (χ4v) is 3.78. The lowest BCUT2D eigenvalue weighted by molar-refractivity contribution is 0.0589. The van der Waals surface area contributed by atoms with Gasteiger partial charge in [-0.15, -0.1) is 11.3 Å². The molecular weight excluding hydrogens is 362 g/mol. The van der Waals surface area contributed by atoms with Crippen LogP contribution in [0.1, 0.15) is 45.1 Å². The van der Waals surface area contributed by atoms with Crippen molar-refractivity contribution in [3.63, 3.8) is 0 Å². The predicted molar refractivity (Wildman–Crippen MR) is 105 cm³/mol. The minimum atomic E-state index is -0.469. The van der Waals surface area contributed by atoms with Gasteiger partial charge in [0, 0.05) is 23.1 Å². The molecule has 1 atom stereocenters. The van der Waals surface area contributed by atoms with Crippen molar-refractivity contribution in [1.82, 2.24) is 15.1 Å². The topological polar surface area (TPSA) is 73.2 Å². The maximum Gasteiger partial charge on any atom is 0.356 e. The van der Waals surface area contributed by atoms with Crippen LogP contribution in [0.2, 0.25) is 0 Å². The molecule has 0 fully saturated rings. The van der Waals surface area contributed by atoms with E-state index in [2.05, 4.69) is 10.4 Å². The normalized spacial score (nSPS) is 11.8. The summed E-state index contributed by atoms with van der Waals surface area (Å²) in [6.07, 6.45) is 2.41. The molecule has 1 amide bonds. The molecule has 0 saturated heterocycles. The molecule has 27 heavy (non-hydrogen) atoms.